The number of carbonyl (C=O) groups is 2. The first-order valence-electron chi connectivity index (χ1n) is 10.5. The molecule has 0 fully saturated rings. The zero-order valence-corrected chi connectivity index (χ0v) is 19.1. The zero-order chi connectivity index (χ0) is 21.0. The van der Waals surface area contributed by atoms with E-state index in [1.165, 1.54) is 11.1 Å². The van der Waals surface area contributed by atoms with Crippen molar-refractivity contribution < 1.29 is 14.3 Å². The molecule has 0 atom stereocenters. The zero-order valence-electron chi connectivity index (χ0n) is 19.1. The number of ether oxygens (including phenoxy) is 1. The van der Waals surface area contributed by atoms with Gasteiger partial charge >= 0.3 is 5.97 Å². The van der Waals surface area contributed by atoms with Crippen LogP contribution in [0.3, 0.4) is 0 Å². The molecule has 0 aromatic rings. The molecule has 3 heteroatoms. The SMILES string of the molecule is CC.CC1(C)C2=C(C(=O)CCC2)C1(C)C.CC1(C)C2=C(C(=O)OC2)C1(C)C. The van der Waals surface area contributed by atoms with Crippen LogP contribution in [0.15, 0.2) is 22.3 Å². The lowest BCUT2D eigenvalue weighted by Gasteiger charge is -2.57. The van der Waals surface area contributed by atoms with Gasteiger partial charge in [-0.05, 0) is 29.2 Å². The Morgan fingerprint density at radius 3 is 1.63 bits per heavy atom. The van der Waals surface area contributed by atoms with Crippen molar-refractivity contribution >= 4 is 11.8 Å². The van der Waals surface area contributed by atoms with Crippen molar-refractivity contribution in [3.8, 4) is 0 Å². The molecular weight excluding hydrogens is 336 g/mol. The van der Waals surface area contributed by atoms with Gasteiger partial charge in [0, 0.05) is 28.4 Å². The van der Waals surface area contributed by atoms with E-state index in [1.54, 1.807) is 0 Å². The summed E-state index contributed by atoms with van der Waals surface area (Å²) in [6.45, 7) is 22.0. The summed E-state index contributed by atoms with van der Waals surface area (Å²) in [6.07, 6.45) is 2.99. The van der Waals surface area contributed by atoms with Crippen molar-refractivity contribution in [2.75, 3.05) is 6.61 Å². The molecule has 0 aromatic heterocycles. The smallest absolute Gasteiger partial charge is 0.335 e. The second kappa shape index (κ2) is 6.60. The lowest BCUT2D eigenvalue weighted by molar-refractivity contribution is -0.137. The van der Waals surface area contributed by atoms with Gasteiger partial charge in [-0.2, -0.15) is 0 Å². The second-order valence-electron chi connectivity index (χ2n) is 10.1. The molecule has 4 aliphatic rings. The number of ketones is 1. The third-order valence-corrected chi connectivity index (χ3v) is 8.15. The molecule has 0 N–H and O–H groups in total. The van der Waals surface area contributed by atoms with Gasteiger partial charge in [0.05, 0.1) is 0 Å². The summed E-state index contributed by atoms with van der Waals surface area (Å²) in [4.78, 5) is 23.0. The van der Waals surface area contributed by atoms with Crippen molar-refractivity contribution in [1.82, 2.24) is 0 Å². The minimum Gasteiger partial charge on any atom is -0.458 e. The normalized spacial score (nSPS) is 27.6. The number of allylic oxidation sites excluding steroid dienone is 2. The van der Waals surface area contributed by atoms with Gasteiger partial charge in [0.1, 0.15) is 6.61 Å². The van der Waals surface area contributed by atoms with E-state index in [0.717, 1.165) is 30.4 Å². The van der Waals surface area contributed by atoms with Crippen LogP contribution in [-0.2, 0) is 14.3 Å². The molecule has 152 valence electrons. The van der Waals surface area contributed by atoms with Crippen LogP contribution in [-0.4, -0.2) is 18.4 Å². The molecule has 4 rings (SSSR count). The lowest BCUT2D eigenvalue weighted by Crippen LogP contribution is -2.50. The molecule has 0 saturated heterocycles. The van der Waals surface area contributed by atoms with E-state index in [0.29, 0.717) is 12.4 Å². The molecule has 0 unspecified atom stereocenters. The van der Waals surface area contributed by atoms with Gasteiger partial charge in [0.2, 0.25) is 0 Å². The minimum atomic E-state index is -0.102. The molecule has 1 heterocycles. The number of hydrogen-bond acceptors (Lipinski definition) is 3. The van der Waals surface area contributed by atoms with Crippen LogP contribution in [0.1, 0.15) is 88.5 Å². The van der Waals surface area contributed by atoms with Crippen LogP contribution in [0.5, 0.6) is 0 Å². The number of cyclic esters (lactones) is 1. The first-order valence-corrected chi connectivity index (χ1v) is 10.5. The van der Waals surface area contributed by atoms with Gasteiger partial charge in [0.25, 0.3) is 0 Å². The summed E-state index contributed by atoms with van der Waals surface area (Å²) in [6, 6.07) is 0. The van der Waals surface area contributed by atoms with Crippen molar-refractivity contribution in [2.24, 2.45) is 21.7 Å². The number of Topliss-reactive ketones (excluding diaryl/α,β-unsaturated/α-hetero) is 1. The highest BCUT2D eigenvalue weighted by Gasteiger charge is 2.59. The highest BCUT2D eigenvalue weighted by atomic mass is 16.5. The maximum atomic E-state index is 11.7. The Balaban J connectivity index is 0.000000178. The fourth-order valence-electron chi connectivity index (χ4n) is 4.98. The molecule has 0 radical (unpaired) electrons. The number of hydrogen-bond donors (Lipinski definition) is 0. The van der Waals surface area contributed by atoms with E-state index in [4.69, 9.17) is 4.74 Å². The summed E-state index contributed by atoms with van der Waals surface area (Å²) in [7, 11) is 0. The molecule has 0 saturated carbocycles. The maximum absolute atomic E-state index is 11.7. The van der Waals surface area contributed by atoms with Gasteiger partial charge < -0.3 is 4.74 Å². The Hall–Kier alpha value is -1.38. The summed E-state index contributed by atoms with van der Waals surface area (Å²) >= 11 is 0. The van der Waals surface area contributed by atoms with Gasteiger partial charge in [-0.1, -0.05) is 74.8 Å². The van der Waals surface area contributed by atoms with E-state index in [2.05, 4.69) is 55.4 Å². The topological polar surface area (TPSA) is 43.4 Å². The predicted octanol–water partition coefficient (Wildman–Crippen LogP) is 6.03. The fraction of sp³-hybridized carbons (Fsp3) is 0.750. The van der Waals surface area contributed by atoms with Crippen LogP contribution in [0, 0.1) is 21.7 Å². The fourth-order valence-corrected chi connectivity index (χ4v) is 4.98. The lowest BCUT2D eigenvalue weighted by atomic mass is 9.46. The minimum absolute atomic E-state index is 0.00405. The molecule has 3 aliphatic carbocycles. The Morgan fingerprint density at radius 1 is 0.667 bits per heavy atom. The van der Waals surface area contributed by atoms with Gasteiger partial charge in [-0.25, -0.2) is 4.79 Å². The van der Waals surface area contributed by atoms with Crippen molar-refractivity contribution in [2.45, 2.75) is 88.5 Å². The first-order chi connectivity index (χ1) is 12.3. The Bertz CT molecular complexity index is 727. The monoisotopic (exact) mass is 374 g/mol. The first kappa shape index (κ1) is 21.9. The van der Waals surface area contributed by atoms with Crippen LogP contribution in [0.2, 0.25) is 0 Å². The molecule has 0 amide bonds. The van der Waals surface area contributed by atoms with Crippen LogP contribution < -0.4 is 0 Å². The molecule has 1 aliphatic heterocycles. The molecule has 27 heavy (non-hydrogen) atoms. The summed E-state index contributed by atoms with van der Waals surface area (Å²) in [5.41, 5.74) is 5.21. The van der Waals surface area contributed by atoms with E-state index in [-0.39, 0.29) is 27.6 Å². The Labute approximate surface area is 165 Å². The van der Waals surface area contributed by atoms with Crippen molar-refractivity contribution in [3.63, 3.8) is 0 Å². The average molecular weight is 375 g/mol. The predicted molar refractivity (Wildman–Crippen MR) is 110 cm³/mol. The third kappa shape index (κ3) is 2.76. The summed E-state index contributed by atoms with van der Waals surface area (Å²) in [5, 5.41) is 0. The van der Waals surface area contributed by atoms with Crippen LogP contribution in [0.4, 0.5) is 0 Å². The second-order valence-corrected chi connectivity index (χ2v) is 10.1. The number of rotatable bonds is 0. The molecule has 3 nitrogen and oxygen atoms in total. The van der Waals surface area contributed by atoms with Gasteiger partial charge in [-0.15, -0.1) is 0 Å². The average Bonchev–Trinajstić information content (AvgIpc) is 2.98. The van der Waals surface area contributed by atoms with E-state index in [9.17, 15) is 9.59 Å². The number of esters is 1. The molecule has 0 aromatic carbocycles. The summed E-state index contributed by atoms with van der Waals surface area (Å²) in [5.74, 6) is 0.305. The van der Waals surface area contributed by atoms with Gasteiger partial charge in [-0.3, -0.25) is 4.79 Å². The van der Waals surface area contributed by atoms with Crippen LogP contribution >= 0.6 is 0 Å². The summed E-state index contributed by atoms with van der Waals surface area (Å²) < 4.78 is 5.00. The van der Waals surface area contributed by atoms with Crippen molar-refractivity contribution in [3.05, 3.63) is 22.3 Å². The van der Waals surface area contributed by atoms with Crippen LogP contribution in [0.25, 0.3) is 0 Å². The van der Waals surface area contributed by atoms with Crippen molar-refractivity contribution in [1.29, 1.82) is 0 Å². The highest BCUT2D eigenvalue weighted by molar-refractivity contribution is 6.00. The quantitative estimate of drug-likeness (QED) is 0.486. The largest absolute Gasteiger partial charge is 0.458 e. The van der Waals surface area contributed by atoms with Gasteiger partial charge in [0.15, 0.2) is 5.78 Å². The molecular formula is C24H38O3. The standard InChI is InChI=1S/C12H18O.C10H14O2.C2H6/c1-11(2)8-6-5-7-9(13)10(8)12(11,3)4;1-9(2)6-5-12-8(11)7(6)10(9,3)4;1-2/h5-7H2,1-4H3;5H2,1-4H3;1-2H3. The number of carbonyl (C=O) groups excluding carboxylic acids is 2. The Kier molecular flexibility index (Phi) is 5.36. The maximum Gasteiger partial charge on any atom is 0.335 e. The third-order valence-electron chi connectivity index (χ3n) is 8.15. The Morgan fingerprint density at radius 2 is 1.15 bits per heavy atom. The van der Waals surface area contributed by atoms with E-state index < -0.39 is 0 Å². The van der Waals surface area contributed by atoms with E-state index in [1.807, 2.05) is 13.8 Å². The molecule has 0 bridgehead atoms. The van der Waals surface area contributed by atoms with E-state index >= 15 is 0 Å². The molecule has 0 spiro atoms. The highest BCUT2D eigenvalue weighted by Crippen LogP contribution is 2.63.